The van der Waals surface area contributed by atoms with Crippen molar-refractivity contribution in [2.24, 2.45) is 5.92 Å². The highest BCUT2D eigenvalue weighted by atomic mass is 32.1. The first-order chi connectivity index (χ1) is 10.6. The number of likely N-dealkylation sites (tertiary alicyclic amines) is 1. The summed E-state index contributed by atoms with van der Waals surface area (Å²) in [7, 11) is 1.95. The van der Waals surface area contributed by atoms with Crippen molar-refractivity contribution in [2.75, 3.05) is 26.7 Å². The van der Waals surface area contributed by atoms with Crippen LogP contribution in [-0.2, 0) is 0 Å². The monoisotopic (exact) mass is 320 g/mol. The number of aryl methyl sites for hydroxylation is 1. The predicted molar refractivity (Wildman–Crippen MR) is 89.1 cm³/mol. The minimum atomic E-state index is -0.251. The molecule has 22 heavy (non-hydrogen) atoms. The van der Waals surface area contributed by atoms with Crippen molar-refractivity contribution in [3.8, 4) is 0 Å². The third-order valence-electron chi connectivity index (χ3n) is 4.39. The van der Waals surface area contributed by atoms with Crippen molar-refractivity contribution in [1.82, 2.24) is 10.2 Å². The van der Waals surface area contributed by atoms with Gasteiger partial charge in [0.2, 0.25) is 0 Å². The van der Waals surface area contributed by atoms with Crippen LogP contribution in [0, 0.1) is 18.7 Å². The number of nitrogens with zero attached hydrogens (tertiary/aromatic N) is 1. The summed E-state index contributed by atoms with van der Waals surface area (Å²) in [4.78, 5) is 15.6. The highest BCUT2D eigenvalue weighted by Gasteiger charge is 2.26. The number of nitrogens with one attached hydrogen (secondary N) is 1. The van der Waals surface area contributed by atoms with Crippen LogP contribution in [-0.4, -0.2) is 37.5 Å². The Balaban J connectivity index is 1.87. The van der Waals surface area contributed by atoms with E-state index in [2.05, 4.69) is 5.32 Å². The molecule has 1 saturated heterocycles. The first kappa shape index (κ1) is 15.4. The summed E-state index contributed by atoms with van der Waals surface area (Å²) in [5.41, 5.74) is 0.903. The van der Waals surface area contributed by atoms with Crippen LogP contribution >= 0.6 is 11.3 Å². The molecule has 1 unspecified atom stereocenters. The van der Waals surface area contributed by atoms with Crippen LogP contribution < -0.4 is 5.32 Å². The van der Waals surface area contributed by atoms with Crippen molar-refractivity contribution < 1.29 is 9.18 Å². The molecular formula is C17H21FN2OS. The highest BCUT2D eigenvalue weighted by Crippen LogP contribution is 2.33. The Kier molecular flexibility index (Phi) is 4.45. The molecule has 1 aliphatic rings. The number of hydrogen-bond acceptors (Lipinski definition) is 3. The lowest BCUT2D eigenvalue weighted by Crippen LogP contribution is -2.42. The van der Waals surface area contributed by atoms with E-state index in [1.807, 2.05) is 18.9 Å². The fourth-order valence-corrected chi connectivity index (χ4v) is 4.40. The van der Waals surface area contributed by atoms with E-state index in [0.717, 1.165) is 46.6 Å². The zero-order valence-electron chi connectivity index (χ0n) is 13.0. The van der Waals surface area contributed by atoms with Gasteiger partial charge in [0.25, 0.3) is 5.91 Å². The molecule has 1 amide bonds. The number of carbonyl (C=O) groups is 1. The van der Waals surface area contributed by atoms with Crippen LogP contribution in [0.1, 0.15) is 28.1 Å². The van der Waals surface area contributed by atoms with Gasteiger partial charge in [0.1, 0.15) is 5.82 Å². The van der Waals surface area contributed by atoms with Crippen molar-refractivity contribution in [3.63, 3.8) is 0 Å². The Morgan fingerprint density at radius 3 is 3.09 bits per heavy atom. The second-order valence-corrected chi connectivity index (χ2v) is 7.07. The van der Waals surface area contributed by atoms with E-state index in [4.69, 9.17) is 0 Å². The van der Waals surface area contributed by atoms with Crippen LogP contribution in [0.5, 0.6) is 0 Å². The molecule has 3 nitrogen and oxygen atoms in total. The van der Waals surface area contributed by atoms with E-state index in [9.17, 15) is 9.18 Å². The average molecular weight is 320 g/mol. The zero-order valence-corrected chi connectivity index (χ0v) is 13.8. The van der Waals surface area contributed by atoms with Crippen molar-refractivity contribution in [3.05, 3.63) is 34.5 Å². The molecule has 1 aromatic heterocycles. The van der Waals surface area contributed by atoms with Gasteiger partial charge in [0.15, 0.2) is 0 Å². The van der Waals surface area contributed by atoms with Crippen molar-refractivity contribution >= 4 is 27.3 Å². The molecule has 2 aromatic rings. The van der Waals surface area contributed by atoms with Gasteiger partial charge in [-0.2, -0.15) is 0 Å². The van der Waals surface area contributed by atoms with Gasteiger partial charge in [-0.25, -0.2) is 4.39 Å². The molecule has 2 heterocycles. The summed E-state index contributed by atoms with van der Waals surface area (Å²) in [5.74, 6) is 0.370. The minimum absolute atomic E-state index is 0.0971. The predicted octanol–water partition coefficient (Wildman–Crippen LogP) is 3.42. The van der Waals surface area contributed by atoms with Gasteiger partial charge in [0, 0.05) is 17.8 Å². The Morgan fingerprint density at radius 2 is 2.32 bits per heavy atom. The largest absolute Gasteiger partial charge is 0.338 e. The van der Waals surface area contributed by atoms with E-state index >= 15 is 0 Å². The molecule has 1 N–H and O–H groups in total. The summed E-state index contributed by atoms with van der Waals surface area (Å²) in [6.45, 7) is 4.49. The van der Waals surface area contributed by atoms with Gasteiger partial charge in [-0.1, -0.05) is 0 Å². The minimum Gasteiger partial charge on any atom is -0.338 e. The molecule has 0 spiro atoms. The lowest BCUT2D eigenvalue weighted by atomic mass is 9.97. The van der Waals surface area contributed by atoms with Gasteiger partial charge in [-0.15, -0.1) is 11.3 Å². The van der Waals surface area contributed by atoms with E-state index in [-0.39, 0.29) is 11.7 Å². The summed E-state index contributed by atoms with van der Waals surface area (Å²) >= 11 is 1.48. The smallest absolute Gasteiger partial charge is 0.264 e. The normalized spacial score (nSPS) is 18.9. The molecule has 0 bridgehead atoms. The summed E-state index contributed by atoms with van der Waals surface area (Å²) in [5, 5.41) is 4.06. The molecule has 0 aliphatic carbocycles. The fourth-order valence-electron chi connectivity index (χ4n) is 3.25. The molecule has 1 aromatic carbocycles. The van der Waals surface area contributed by atoms with Crippen molar-refractivity contribution in [2.45, 2.75) is 19.8 Å². The van der Waals surface area contributed by atoms with Crippen LogP contribution in [0.2, 0.25) is 0 Å². The molecule has 0 saturated carbocycles. The van der Waals surface area contributed by atoms with Gasteiger partial charge in [-0.05, 0) is 68.4 Å². The third kappa shape index (κ3) is 2.88. The van der Waals surface area contributed by atoms with Gasteiger partial charge in [0.05, 0.1) is 4.88 Å². The lowest BCUT2D eigenvalue weighted by molar-refractivity contribution is 0.0678. The number of carbonyl (C=O) groups excluding carboxylic acids is 1. The summed E-state index contributed by atoms with van der Waals surface area (Å²) in [6.07, 6.45) is 2.22. The molecular weight excluding hydrogens is 299 g/mol. The second-order valence-electron chi connectivity index (χ2n) is 6.01. The Labute approximate surface area is 134 Å². The number of benzene rings is 1. The Hall–Kier alpha value is -1.46. The van der Waals surface area contributed by atoms with E-state index in [0.29, 0.717) is 5.92 Å². The number of fused-ring (bicyclic) bond motifs is 1. The van der Waals surface area contributed by atoms with Crippen LogP contribution in [0.25, 0.3) is 10.1 Å². The molecule has 118 valence electrons. The second kappa shape index (κ2) is 6.34. The zero-order chi connectivity index (χ0) is 15.7. The van der Waals surface area contributed by atoms with Gasteiger partial charge >= 0.3 is 0 Å². The van der Waals surface area contributed by atoms with Gasteiger partial charge < -0.3 is 10.2 Å². The molecule has 1 aliphatic heterocycles. The SMILES string of the molecule is CNCC1CCCN(C(=O)c2sc3ccc(F)cc3c2C)C1. The molecule has 5 heteroatoms. The van der Waals surface area contributed by atoms with E-state index in [1.165, 1.54) is 29.9 Å². The van der Waals surface area contributed by atoms with E-state index in [1.54, 1.807) is 6.07 Å². The van der Waals surface area contributed by atoms with Gasteiger partial charge in [-0.3, -0.25) is 4.79 Å². The van der Waals surface area contributed by atoms with Crippen LogP contribution in [0.3, 0.4) is 0 Å². The third-order valence-corrected chi connectivity index (χ3v) is 5.65. The van der Waals surface area contributed by atoms with E-state index < -0.39 is 0 Å². The number of hydrogen-bond donors (Lipinski definition) is 1. The molecule has 1 fully saturated rings. The topological polar surface area (TPSA) is 32.3 Å². The lowest BCUT2D eigenvalue weighted by Gasteiger charge is -2.32. The van der Waals surface area contributed by atoms with Crippen LogP contribution in [0.4, 0.5) is 4.39 Å². The fraction of sp³-hybridized carbons (Fsp3) is 0.471. The summed E-state index contributed by atoms with van der Waals surface area (Å²) < 4.78 is 14.4. The Morgan fingerprint density at radius 1 is 1.50 bits per heavy atom. The number of piperidine rings is 1. The van der Waals surface area contributed by atoms with Crippen molar-refractivity contribution in [1.29, 1.82) is 0 Å². The molecule has 3 rings (SSSR count). The first-order valence-corrected chi connectivity index (χ1v) is 8.54. The maximum atomic E-state index is 13.4. The standard InChI is InChI=1S/C17H21FN2OS/c1-11-14-8-13(18)5-6-15(14)22-16(11)17(21)20-7-3-4-12(10-20)9-19-2/h5-6,8,12,19H,3-4,7,9-10H2,1-2H3. The van der Waals surface area contributed by atoms with Crippen LogP contribution in [0.15, 0.2) is 18.2 Å². The number of rotatable bonds is 3. The highest BCUT2D eigenvalue weighted by molar-refractivity contribution is 7.21. The quantitative estimate of drug-likeness (QED) is 0.940. The number of halogens is 1. The Bertz CT molecular complexity index is 695. The number of thiophene rings is 1. The number of amides is 1. The average Bonchev–Trinajstić information content (AvgIpc) is 2.84. The maximum absolute atomic E-state index is 13.4. The molecule has 1 atom stereocenters. The summed E-state index contributed by atoms with van der Waals surface area (Å²) in [6, 6.07) is 4.74. The first-order valence-electron chi connectivity index (χ1n) is 7.72. The maximum Gasteiger partial charge on any atom is 0.264 e. The molecule has 0 radical (unpaired) electrons.